The standard InChI is InChI=1S/C26H30N2O.ClH/c1-18-6-9-20(10-7-18)21-12-14-28(15-13-21)17-19-8-11-25-24(16-19)22-4-2-3-5-23(22)26(29)27-25;/h6-11,16,21H,2-5,12-15,17H2,1H3,(H,27,29);1H. The first-order chi connectivity index (χ1) is 14.2. The van der Waals surface area contributed by atoms with Gasteiger partial charge in [0.05, 0.1) is 0 Å². The predicted molar refractivity (Wildman–Crippen MR) is 127 cm³/mol. The number of rotatable bonds is 3. The number of halogens is 1. The Labute approximate surface area is 184 Å². The average molecular weight is 423 g/mol. The highest BCUT2D eigenvalue weighted by molar-refractivity contribution is 5.85. The van der Waals surface area contributed by atoms with Crippen molar-refractivity contribution >= 4 is 23.3 Å². The van der Waals surface area contributed by atoms with Crippen LogP contribution in [0.15, 0.2) is 47.3 Å². The van der Waals surface area contributed by atoms with Gasteiger partial charge in [-0.1, -0.05) is 35.9 Å². The van der Waals surface area contributed by atoms with Gasteiger partial charge >= 0.3 is 0 Å². The van der Waals surface area contributed by atoms with Crippen molar-refractivity contribution in [3.8, 4) is 0 Å². The van der Waals surface area contributed by atoms with Crippen LogP contribution >= 0.6 is 12.4 Å². The third-order valence-electron chi connectivity index (χ3n) is 6.94. The lowest BCUT2D eigenvalue weighted by Crippen LogP contribution is -2.32. The SMILES string of the molecule is Cc1ccc(C2CCN(Cc3ccc4[nH]c(=O)c5c(c4c3)CCCC5)CC2)cc1.Cl. The molecule has 0 radical (unpaired) electrons. The van der Waals surface area contributed by atoms with Crippen LogP contribution in [0.25, 0.3) is 10.9 Å². The molecule has 1 aromatic heterocycles. The first-order valence-electron chi connectivity index (χ1n) is 11.1. The van der Waals surface area contributed by atoms with E-state index in [1.54, 1.807) is 0 Å². The number of hydrogen-bond acceptors (Lipinski definition) is 2. The lowest BCUT2D eigenvalue weighted by Gasteiger charge is -2.32. The molecule has 1 aliphatic heterocycles. The fourth-order valence-electron chi connectivity index (χ4n) is 5.22. The fraction of sp³-hybridized carbons (Fsp3) is 0.423. The maximum Gasteiger partial charge on any atom is 0.251 e. The summed E-state index contributed by atoms with van der Waals surface area (Å²) >= 11 is 0. The van der Waals surface area contributed by atoms with E-state index in [1.807, 2.05) is 0 Å². The molecule has 5 rings (SSSR count). The molecule has 4 heteroatoms. The zero-order chi connectivity index (χ0) is 19.8. The molecular weight excluding hydrogens is 392 g/mol. The van der Waals surface area contributed by atoms with Crippen molar-refractivity contribution in [2.45, 2.75) is 57.9 Å². The molecule has 0 atom stereocenters. The average Bonchev–Trinajstić information content (AvgIpc) is 2.76. The molecule has 0 unspecified atom stereocenters. The largest absolute Gasteiger partial charge is 0.322 e. The summed E-state index contributed by atoms with van der Waals surface area (Å²) in [6.07, 6.45) is 6.77. The smallest absolute Gasteiger partial charge is 0.251 e. The van der Waals surface area contributed by atoms with E-state index >= 15 is 0 Å². The Morgan fingerprint density at radius 3 is 2.40 bits per heavy atom. The number of aromatic nitrogens is 1. The molecule has 0 spiro atoms. The van der Waals surface area contributed by atoms with Gasteiger partial charge in [-0.3, -0.25) is 9.69 Å². The molecule has 30 heavy (non-hydrogen) atoms. The van der Waals surface area contributed by atoms with Gasteiger partial charge in [-0.05, 0) is 93.3 Å². The number of benzene rings is 2. The van der Waals surface area contributed by atoms with E-state index in [9.17, 15) is 4.79 Å². The van der Waals surface area contributed by atoms with Crippen LogP contribution in [-0.2, 0) is 19.4 Å². The van der Waals surface area contributed by atoms with Crippen LogP contribution in [0, 0.1) is 6.92 Å². The summed E-state index contributed by atoms with van der Waals surface area (Å²) in [5.74, 6) is 0.695. The fourth-order valence-corrected chi connectivity index (χ4v) is 5.22. The highest BCUT2D eigenvalue weighted by Crippen LogP contribution is 2.30. The normalized spacial score (nSPS) is 17.5. The van der Waals surface area contributed by atoms with Crippen molar-refractivity contribution in [1.82, 2.24) is 9.88 Å². The lowest BCUT2D eigenvalue weighted by molar-refractivity contribution is 0.204. The number of H-pyrrole nitrogens is 1. The van der Waals surface area contributed by atoms with Crippen molar-refractivity contribution in [2.75, 3.05) is 13.1 Å². The van der Waals surface area contributed by atoms with Gasteiger partial charge in [-0.15, -0.1) is 12.4 Å². The molecule has 0 bridgehead atoms. The first kappa shape index (κ1) is 21.1. The van der Waals surface area contributed by atoms with Gasteiger partial charge in [0.25, 0.3) is 5.56 Å². The maximum atomic E-state index is 12.4. The van der Waals surface area contributed by atoms with Crippen LogP contribution < -0.4 is 5.56 Å². The number of piperidine rings is 1. The molecule has 2 aliphatic rings. The monoisotopic (exact) mass is 422 g/mol. The minimum Gasteiger partial charge on any atom is -0.322 e. The molecule has 158 valence electrons. The first-order valence-corrected chi connectivity index (χ1v) is 11.1. The number of likely N-dealkylation sites (tertiary alicyclic amines) is 1. The topological polar surface area (TPSA) is 36.1 Å². The summed E-state index contributed by atoms with van der Waals surface area (Å²) in [5, 5.41) is 1.27. The van der Waals surface area contributed by atoms with Crippen LogP contribution in [-0.4, -0.2) is 23.0 Å². The van der Waals surface area contributed by atoms with E-state index in [2.05, 4.69) is 59.3 Å². The molecule has 1 aliphatic carbocycles. The Morgan fingerprint density at radius 2 is 1.67 bits per heavy atom. The van der Waals surface area contributed by atoms with Crippen LogP contribution in [0.2, 0.25) is 0 Å². The zero-order valence-corrected chi connectivity index (χ0v) is 18.6. The van der Waals surface area contributed by atoms with Gasteiger partial charge in [0, 0.05) is 23.0 Å². The summed E-state index contributed by atoms with van der Waals surface area (Å²) in [4.78, 5) is 18.1. The highest BCUT2D eigenvalue weighted by atomic mass is 35.5. The Kier molecular flexibility index (Phi) is 6.31. The van der Waals surface area contributed by atoms with Gasteiger partial charge < -0.3 is 4.98 Å². The molecule has 2 heterocycles. The molecule has 3 aromatic rings. The number of aromatic amines is 1. The summed E-state index contributed by atoms with van der Waals surface area (Å²) in [6.45, 7) is 5.47. The third-order valence-corrected chi connectivity index (χ3v) is 6.94. The number of aryl methyl sites for hydroxylation is 2. The highest BCUT2D eigenvalue weighted by Gasteiger charge is 2.21. The lowest BCUT2D eigenvalue weighted by atomic mass is 9.88. The summed E-state index contributed by atoms with van der Waals surface area (Å²) in [5.41, 5.74) is 7.65. The molecule has 0 saturated carbocycles. The van der Waals surface area contributed by atoms with Gasteiger partial charge in [0.2, 0.25) is 0 Å². The van der Waals surface area contributed by atoms with Crippen LogP contribution in [0.1, 0.15) is 59.4 Å². The van der Waals surface area contributed by atoms with Crippen molar-refractivity contribution in [3.05, 3.63) is 80.6 Å². The van der Waals surface area contributed by atoms with Crippen LogP contribution in [0.5, 0.6) is 0 Å². The van der Waals surface area contributed by atoms with Crippen molar-refractivity contribution in [3.63, 3.8) is 0 Å². The van der Waals surface area contributed by atoms with E-state index < -0.39 is 0 Å². The third kappa shape index (κ3) is 4.19. The number of nitrogens with zero attached hydrogens (tertiary/aromatic N) is 1. The molecule has 0 amide bonds. The summed E-state index contributed by atoms with van der Waals surface area (Å²) in [6, 6.07) is 15.7. The van der Waals surface area contributed by atoms with E-state index in [-0.39, 0.29) is 18.0 Å². The summed E-state index contributed by atoms with van der Waals surface area (Å²) in [7, 11) is 0. The molecule has 1 fully saturated rings. The molecule has 3 nitrogen and oxygen atoms in total. The van der Waals surface area contributed by atoms with E-state index in [0.29, 0.717) is 5.92 Å². The quantitative estimate of drug-likeness (QED) is 0.603. The van der Waals surface area contributed by atoms with Crippen molar-refractivity contribution < 1.29 is 0 Å². The zero-order valence-electron chi connectivity index (χ0n) is 17.7. The van der Waals surface area contributed by atoms with Crippen LogP contribution in [0.3, 0.4) is 0 Å². The van der Waals surface area contributed by atoms with Gasteiger partial charge in [-0.25, -0.2) is 0 Å². The Balaban J connectivity index is 0.00000218. The van der Waals surface area contributed by atoms with E-state index in [4.69, 9.17) is 0 Å². The van der Waals surface area contributed by atoms with E-state index in [0.717, 1.165) is 50.0 Å². The van der Waals surface area contributed by atoms with Gasteiger partial charge in [-0.2, -0.15) is 0 Å². The second-order valence-electron chi connectivity index (χ2n) is 8.96. The Bertz CT molecular complexity index is 1080. The predicted octanol–water partition coefficient (Wildman–Crippen LogP) is 5.52. The Morgan fingerprint density at radius 1 is 0.967 bits per heavy atom. The molecule has 1 saturated heterocycles. The number of hydrogen-bond donors (Lipinski definition) is 1. The summed E-state index contributed by atoms with van der Waals surface area (Å²) < 4.78 is 0. The molecular formula is C26H31ClN2O. The number of nitrogens with one attached hydrogen (secondary N) is 1. The maximum absolute atomic E-state index is 12.4. The van der Waals surface area contributed by atoms with Crippen LogP contribution in [0.4, 0.5) is 0 Å². The molecule has 2 aromatic carbocycles. The van der Waals surface area contributed by atoms with E-state index in [1.165, 1.54) is 46.9 Å². The van der Waals surface area contributed by atoms with Crippen molar-refractivity contribution in [1.29, 1.82) is 0 Å². The second kappa shape index (κ2) is 8.95. The van der Waals surface area contributed by atoms with Gasteiger partial charge in [0.15, 0.2) is 0 Å². The number of pyridine rings is 1. The second-order valence-corrected chi connectivity index (χ2v) is 8.96. The van der Waals surface area contributed by atoms with Gasteiger partial charge in [0.1, 0.15) is 0 Å². The minimum absolute atomic E-state index is 0. The number of fused-ring (bicyclic) bond motifs is 3. The van der Waals surface area contributed by atoms with Crippen molar-refractivity contribution in [2.24, 2.45) is 0 Å². The minimum atomic E-state index is 0. The Hall–Kier alpha value is -2.10. The molecule has 1 N–H and O–H groups in total.